The molecule has 1 atom stereocenters. The van der Waals surface area contributed by atoms with Gasteiger partial charge in [0.05, 0.1) is 0 Å². The third-order valence-electron chi connectivity index (χ3n) is 4.21. The van der Waals surface area contributed by atoms with Gasteiger partial charge in [-0.05, 0) is 44.2 Å². The summed E-state index contributed by atoms with van der Waals surface area (Å²) >= 11 is 0. The van der Waals surface area contributed by atoms with Crippen LogP contribution in [0.25, 0.3) is 0 Å². The molecule has 2 fully saturated rings. The Kier molecular flexibility index (Phi) is 4.14. The summed E-state index contributed by atoms with van der Waals surface area (Å²) in [6, 6.07) is 7.78. The Morgan fingerprint density at radius 2 is 2.00 bits per heavy atom. The average Bonchev–Trinajstić information content (AvgIpc) is 3.06. The van der Waals surface area contributed by atoms with Crippen LogP contribution in [0.3, 0.4) is 0 Å². The van der Waals surface area contributed by atoms with Crippen molar-refractivity contribution in [1.82, 2.24) is 10.2 Å². The molecule has 0 spiro atoms. The van der Waals surface area contributed by atoms with Crippen LogP contribution in [-0.4, -0.2) is 30.6 Å². The summed E-state index contributed by atoms with van der Waals surface area (Å²) in [6.07, 6.45) is 5.25. The molecule has 3 heteroatoms. The van der Waals surface area contributed by atoms with Crippen LogP contribution in [0.5, 0.6) is 0 Å². The lowest BCUT2D eigenvalue weighted by molar-refractivity contribution is 0.229. The standard InChI is InChI=1S/C16H23FN2/c17-16-6-2-1-4-14(16)11-19(10-13-7-8-13)12-15-5-3-9-18-15/h1-2,4,6,13,15,18H,3,5,7-12H2. The lowest BCUT2D eigenvalue weighted by atomic mass is 10.1. The molecule has 1 aliphatic carbocycles. The van der Waals surface area contributed by atoms with Crippen LogP contribution >= 0.6 is 0 Å². The van der Waals surface area contributed by atoms with Gasteiger partial charge in [-0.15, -0.1) is 0 Å². The van der Waals surface area contributed by atoms with E-state index in [2.05, 4.69) is 10.2 Å². The summed E-state index contributed by atoms with van der Waals surface area (Å²) in [4.78, 5) is 2.44. The smallest absolute Gasteiger partial charge is 0.127 e. The molecule has 1 aliphatic heterocycles. The Bertz CT molecular complexity index is 411. The van der Waals surface area contributed by atoms with Gasteiger partial charge in [0.1, 0.15) is 5.82 Å². The van der Waals surface area contributed by atoms with Gasteiger partial charge in [-0.3, -0.25) is 4.90 Å². The van der Waals surface area contributed by atoms with Crippen molar-refractivity contribution in [1.29, 1.82) is 0 Å². The van der Waals surface area contributed by atoms with Crippen LogP contribution in [0.15, 0.2) is 24.3 Å². The first kappa shape index (κ1) is 13.1. The minimum absolute atomic E-state index is 0.0670. The molecule has 1 N–H and O–H groups in total. The van der Waals surface area contributed by atoms with Gasteiger partial charge in [0.15, 0.2) is 0 Å². The topological polar surface area (TPSA) is 15.3 Å². The van der Waals surface area contributed by atoms with E-state index < -0.39 is 0 Å². The summed E-state index contributed by atoms with van der Waals surface area (Å²) in [5.41, 5.74) is 0.834. The number of hydrogen-bond donors (Lipinski definition) is 1. The number of hydrogen-bond acceptors (Lipinski definition) is 2. The fourth-order valence-electron chi connectivity index (χ4n) is 2.96. The van der Waals surface area contributed by atoms with E-state index in [9.17, 15) is 4.39 Å². The van der Waals surface area contributed by atoms with Gasteiger partial charge in [0.25, 0.3) is 0 Å². The predicted molar refractivity (Wildman–Crippen MR) is 75.4 cm³/mol. The van der Waals surface area contributed by atoms with Gasteiger partial charge in [-0.2, -0.15) is 0 Å². The monoisotopic (exact) mass is 262 g/mol. The van der Waals surface area contributed by atoms with E-state index in [0.29, 0.717) is 6.04 Å². The van der Waals surface area contributed by atoms with Crippen LogP contribution in [0.1, 0.15) is 31.2 Å². The molecule has 0 radical (unpaired) electrons. The number of halogens is 1. The lowest BCUT2D eigenvalue weighted by Crippen LogP contribution is -2.38. The normalized spacial score (nSPS) is 23.2. The third kappa shape index (κ3) is 3.77. The Hall–Kier alpha value is -0.930. The molecule has 2 nitrogen and oxygen atoms in total. The van der Waals surface area contributed by atoms with Crippen molar-refractivity contribution >= 4 is 0 Å². The first-order valence-corrected chi connectivity index (χ1v) is 7.50. The van der Waals surface area contributed by atoms with Crippen molar-refractivity contribution in [3.8, 4) is 0 Å². The van der Waals surface area contributed by atoms with Gasteiger partial charge >= 0.3 is 0 Å². The summed E-state index contributed by atoms with van der Waals surface area (Å²) < 4.78 is 13.8. The van der Waals surface area contributed by atoms with Crippen LogP contribution in [0.2, 0.25) is 0 Å². The van der Waals surface area contributed by atoms with Crippen molar-refractivity contribution in [2.24, 2.45) is 5.92 Å². The second kappa shape index (κ2) is 6.02. The summed E-state index contributed by atoms with van der Waals surface area (Å²) in [7, 11) is 0. The molecule has 0 amide bonds. The van der Waals surface area contributed by atoms with Crippen molar-refractivity contribution in [3.05, 3.63) is 35.6 Å². The fourth-order valence-corrected chi connectivity index (χ4v) is 2.96. The molecular formula is C16H23FN2. The van der Waals surface area contributed by atoms with E-state index in [1.54, 1.807) is 12.1 Å². The minimum Gasteiger partial charge on any atom is -0.313 e. The van der Waals surface area contributed by atoms with Crippen molar-refractivity contribution in [2.45, 2.75) is 38.3 Å². The molecule has 19 heavy (non-hydrogen) atoms. The molecular weight excluding hydrogens is 239 g/mol. The molecule has 1 unspecified atom stereocenters. The van der Waals surface area contributed by atoms with E-state index in [0.717, 1.165) is 37.7 Å². The minimum atomic E-state index is -0.0670. The largest absolute Gasteiger partial charge is 0.313 e. The Morgan fingerprint density at radius 3 is 2.68 bits per heavy atom. The van der Waals surface area contributed by atoms with Crippen LogP contribution in [0.4, 0.5) is 4.39 Å². The molecule has 1 saturated heterocycles. The zero-order valence-electron chi connectivity index (χ0n) is 11.4. The Labute approximate surface area is 115 Å². The number of nitrogens with one attached hydrogen (secondary N) is 1. The number of rotatable bonds is 6. The van der Waals surface area contributed by atoms with E-state index in [-0.39, 0.29) is 5.82 Å². The second-order valence-electron chi connectivity index (χ2n) is 6.02. The van der Waals surface area contributed by atoms with E-state index in [1.165, 1.54) is 25.7 Å². The average molecular weight is 262 g/mol. The highest BCUT2D eigenvalue weighted by atomic mass is 19.1. The van der Waals surface area contributed by atoms with Crippen LogP contribution in [0, 0.1) is 11.7 Å². The highest BCUT2D eigenvalue weighted by Gasteiger charge is 2.26. The summed E-state index contributed by atoms with van der Waals surface area (Å²) in [6.45, 7) is 4.08. The Balaban J connectivity index is 1.62. The van der Waals surface area contributed by atoms with Crippen molar-refractivity contribution in [2.75, 3.05) is 19.6 Å². The number of benzene rings is 1. The van der Waals surface area contributed by atoms with Crippen molar-refractivity contribution in [3.63, 3.8) is 0 Å². The molecule has 3 rings (SSSR count). The van der Waals surface area contributed by atoms with Crippen molar-refractivity contribution < 1.29 is 4.39 Å². The SMILES string of the molecule is Fc1ccccc1CN(CC1CC1)CC1CCCN1. The van der Waals surface area contributed by atoms with E-state index in [4.69, 9.17) is 0 Å². The highest BCUT2D eigenvalue weighted by molar-refractivity contribution is 5.17. The van der Waals surface area contributed by atoms with Gasteiger partial charge in [-0.1, -0.05) is 18.2 Å². The van der Waals surface area contributed by atoms with Gasteiger partial charge in [0.2, 0.25) is 0 Å². The zero-order chi connectivity index (χ0) is 13.1. The molecule has 104 valence electrons. The zero-order valence-corrected chi connectivity index (χ0v) is 11.4. The third-order valence-corrected chi connectivity index (χ3v) is 4.21. The van der Waals surface area contributed by atoms with Crippen LogP contribution < -0.4 is 5.32 Å². The summed E-state index contributed by atoms with van der Waals surface area (Å²) in [5, 5.41) is 3.55. The Morgan fingerprint density at radius 1 is 1.16 bits per heavy atom. The highest BCUT2D eigenvalue weighted by Crippen LogP contribution is 2.30. The molecule has 0 aromatic heterocycles. The molecule has 1 aromatic carbocycles. The van der Waals surface area contributed by atoms with Gasteiger partial charge in [-0.25, -0.2) is 4.39 Å². The first-order valence-electron chi connectivity index (χ1n) is 7.50. The molecule has 1 saturated carbocycles. The maximum atomic E-state index is 13.8. The molecule has 1 heterocycles. The second-order valence-corrected chi connectivity index (χ2v) is 6.02. The van der Waals surface area contributed by atoms with Crippen LogP contribution in [-0.2, 0) is 6.54 Å². The summed E-state index contributed by atoms with van der Waals surface area (Å²) in [5.74, 6) is 0.788. The maximum absolute atomic E-state index is 13.8. The molecule has 2 aliphatic rings. The maximum Gasteiger partial charge on any atom is 0.127 e. The van der Waals surface area contributed by atoms with Gasteiger partial charge in [0, 0.05) is 31.2 Å². The predicted octanol–water partition coefficient (Wildman–Crippen LogP) is 2.79. The van der Waals surface area contributed by atoms with E-state index in [1.807, 2.05) is 12.1 Å². The lowest BCUT2D eigenvalue weighted by Gasteiger charge is -2.26. The quantitative estimate of drug-likeness (QED) is 0.848. The first-order chi connectivity index (χ1) is 9.31. The fraction of sp³-hybridized carbons (Fsp3) is 0.625. The van der Waals surface area contributed by atoms with E-state index >= 15 is 0 Å². The number of nitrogens with zero attached hydrogens (tertiary/aromatic N) is 1. The molecule has 1 aromatic rings. The molecule has 0 bridgehead atoms. The van der Waals surface area contributed by atoms with Gasteiger partial charge < -0.3 is 5.32 Å².